The Morgan fingerprint density at radius 2 is 2.25 bits per heavy atom. The fourth-order valence-corrected chi connectivity index (χ4v) is 2.29. The summed E-state index contributed by atoms with van der Waals surface area (Å²) in [4.78, 5) is 0. The van der Waals surface area contributed by atoms with Crippen LogP contribution in [0.25, 0.3) is 0 Å². The number of hydrogen-bond acceptors (Lipinski definition) is 3. The summed E-state index contributed by atoms with van der Waals surface area (Å²) >= 11 is 3.44. The van der Waals surface area contributed by atoms with Crippen molar-refractivity contribution < 1.29 is 4.74 Å². The normalized spacial score (nSPS) is 23.9. The molecular formula is C12H17BrN2O. The number of benzene rings is 1. The van der Waals surface area contributed by atoms with E-state index >= 15 is 0 Å². The van der Waals surface area contributed by atoms with Gasteiger partial charge in [0, 0.05) is 17.1 Å². The van der Waals surface area contributed by atoms with Crippen LogP contribution >= 0.6 is 15.9 Å². The van der Waals surface area contributed by atoms with Crippen molar-refractivity contribution in [2.24, 2.45) is 0 Å². The first-order valence-corrected chi connectivity index (χ1v) is 6.41. The van der Waals surface area contributed by atoms with Crippen molar-refractivity contribution in [1.82, 2.24) is 0 Å². The number of halogens is 1. The number of hydrogen-bond donors (Lipinski definition) is 2. The van der Waals surface area contributed by atoms with Crippen molar-refractivity contribution in [3.63, 3.8) is 0 Å². The van der Waals surface area contributed by atoms with Gasteiger partial charge in [0.15, 0.2) is 0 Å². The molecule has 1 aromatic carbocycles. The number of nitrogens with one attached hydrogen (secondary N) is 1. The monoisotopic (exact) mass is 284 g/mol. The summed E-state index contributed by atoms with van der Waals surface area (Å²) in [5, 5.41) is 3.44. The van der Waals surface area contributed by atoms with Crippen molar-refractivity contribution in [3.8, 4) is 0 Å². The molecule has 1 fully saturated rings. The number of rotatable bonds is 4. The lowest BCUT2D eigenvalue weighted by atomic mass is 9.89. The van der Waals surface area contributed by atoms with E-state index < -0.39 is 0 Å². The maximum absolute atomic E-state index is 5.90. The van der Waals surface area contributed by atoms with Gasteiger partial charge >= 0.3 is 0 Å². The number of nitrogens with two attached hydrogens (primary N) is 1. The number of anilines is 2. The standard InChI is InChI=1S/C12H17BrN2O/c1-2-16-10-6-9(7-10)15-12-5-8(13)3-4-11(12)14/h3-5,9-10,15H,2,6-7,14H2,1H3. The van der Waals surface area contributed by atoms with Crippen molar-refractivity contribution in [3.05, 3.63) is 22.7 Å². The van der Waals surface area contributed by atoms with Crippen molar-refractivity contribution in [1.29, 1.82) is 0 Å². The molecule has 16 heavy (non-hydrogen) atoms. The molecule has 3 nitrogen and oxygen atoms in total. The van der Waals surface area contributed by atoms with Crippen LogP contribution < -0.4 is 11.1 Å². The summed E-state index contributed by atoms with van der Waals surface area (Å²) in [5.74, 6) is 0. The second kappa shape index (κ2) is 5.06. The highest BCUT2D eigenvalue weighted by molar-refractivity contribution is 9.10. The molecule has 0 heterocycles. The van der Waals surface area contributed by atoms with Gasteiger partial charge in [0.05, 0.1) is 17.5 Å². The topological polar surface area (TPSA) is 47.3 Å². The smallest absolute Gasteiger partial charge is 0.0614 e. The Bertz CT molecular complexity index is 364. The van der Waals surface area contributed by atoms with Crippen molar-refractivity contribution in [2.75, 3.05) is 17.7 Å². The molecule has 0 spiro atoms. The van der Waals surface area contributed by atoms with E-state index in [1.165, 1.54) is 0 Å². The van der Waals surface area contributed by atoms with Gasteiger partial charge in [-0.3, -0.25) is 0 Å². The van der Waals surface area contributed by atoms with Crippen LogP contribution in [-0.4, -0.2) is 18.8 Å². The Kier molecular flexibility index (Phi) is 3.71. The molecule has 3 N–H and O–H groups in total. The van der Waals surface area contributed by atoms with Crippen LogP contribution in [0.5, 0.6) is 0 Å². The quantitative estimate of drug-likeness (QED) is 0.836. The Labute approximate surface area is 104 Å². The minimum atomic E-state index is 0.427. The average molecular weight is 285 g/mol. The number of nitrogen functional groups attached to an aromatic ring is 1. The summed E-state index contributed by atoms with van der Waals surface area (Å²) in [5.41, 5.74) is 7.70. The average Bonchev–Trinajstić information content (AvgIpc) is 2.20. The molecule has 1 aromatic rings. The Hall–Kier alpha value is -0.740. The minimum Gasteiger partial charge on any atom is -0.397 e. The fourth-order valence-electron chi connectivity index (χ4n) is 1.93. The van der Waals surface area contributed by atoms with Crippen LogP contribution in [0.15, 0.2) is 22.7 Å². The van der Waals surface area contributed by atoms with Gasteiger partial charge in [-0.1, -0.05) is 15.9 Å². The summed E-state index contributed by atoms with van der Waals surface area (Å²) < 4.78 is 6.57. The zero-order valence-electron chi connectivity index (χ0n) is 9.37. The zero-order chi connectivity index (χ0) is 11.5. The number of ether oxygens (including phenoxy) is 1. The van der Waals surface area contributed by atoms with Crippen LogP contribution in [0.2, 0.25) is 0 Å². The molecule has 1 saturated carbocycles. The summed E-state index contributed by atoms with van der Waals surface area (Å²) in [6.07, 6.45) is 2.57. The maximum atomic E-state index is 5.90. The van der Waals surface area contributed by atoms with Crippen LogP contribution in [0, 0.1) is 0 Å². The molecule has 0 aromatic heterocycles. The zero-order valence-corrected chi connectivity index (χ0v) is 11.0. The van der Waals surface area contributed by atoms with Gasteiger partial charge in [0.2, 0.25) is 0 Å². The first-order chi connectivity index (χ1) is 7.69. The van der Waals surface area contributed by atoms with Gasteiger partial charge in [-0.2, -0.15) is 0 Å². The van der Waals surface area contributed by atoms with Gasteiger partial charge in [-0.05, 0) is 38.0 Å². The molecule has 2 rings (SSSR count). The fraction of sp³-hybridized carbons (Fsp3) is 0.500. The van der Waals surface area contributed by atoms with Gasteiger partial charge in [-0.25, -0.2) is 0 Å². The van der Waals surface area contributed by atoms with E-state index in [1.807, 2.05) is 25.1 Å². The molecule has 1 aliphatic carbocycles. The molecule has 0 unspecified atom stereocenters. The Morgan fingerprint density at radius 1 is 1.50 bits per heavy atom. The molecule has 0 radical (unpaired) electrons. The van der Waals surface area contributed by atoms with Crippen LogP contribution in [0.1, 0.15) is 19.8 Å². The third-order valence-corrected chi connectivity index (χ3v) is 3.37. The van der Waals surface area contributed by atoms with Crippen LogP contribution in [0.4, 0.5) is 11.4 Å². The molecule has 88 valence electrons. The highest BCUT2D eigenvalue weighted by Gasteiger charge is 2.29. The van der Waals surface area contributed by atoms with Crippen molar-refractivity contribution in [2.45, 2.75) is 31.9 Å². The summed E-state index contributed by atoms with van der Waals surface area (Å²) in [6, 6.07) is 6.37. The second-order valence-electron chi connectivity index (χ2n) is 4.12. The predicted octanol–water partition coefficient (Wildman–Crippen LogP) is 3.01. The minimum absolute atomic E-state index is 0.427. The molecule has 4 heteroatoms. The van der Waals surface area contributed by atoms with E-state index in [0.717, 1.165) is 35.3 Å². The third-order valence-electron chi connectivity index (χ3n) is 2.87. The molecule has 0 aliphatic heterocycles. The molecule has 0 bridgehead atoms. The highest BCUT2D eigenvalue weighted by Crippen LogP contribution is 2.30. The van der Waals surface area contributed by atoms with Gasteiger partial charge < -0.3 is 15.8 Å². The van der Waals surface area contributed by atoms with E-state index in [1.54, 1.807) is 0 Å². The SMILES string of the molecule is CCOC1CC(Nc2cc(Br)ccc2N)C1. The summed E-state index contributed by atoms with van der Waals surface area (Å²) in [6.45, 7) is 2.84. The molecule has 0 atom stereocenters. The lowest BCUT2D eigenvalue weighted by molar-refractivity contribution is 0.00300. The first kappa shape index (κ1) is 11.7. The first-order valence-electron chi connectivity index (χ1n) is 5.62. The van der Waals surface area contributed by atoms with E-state index in [4.69, 9.17) is 10.5 Å². The lowest BCUT2D eigenvalue weighted by Gasteiger charge is -2.36. The van der Waals surface area contributed by atoms with Gasteiger partial charge in [0.1, 0.15) is 0 Å². The van der Waals surface area contributed by atoms with Crippen molar-refractivity contribution >= 4 is 27.3 Å². The molecule has 1 aliphatic rings. The van der Waals surface area contributed by atoms with E-state index in [-0.39, 0.29) is 0 Å². The summed E-state index contributed by atoms with van der Waals surface area (Å²) in [7, 11) is 0. The van der Waals surface area contributed by atoms with E-state index in [2.05, 4.69) is 21.2 Å². The van der Waals surface area contributed by atoms with E-state index in [0.29, 0.717) is 12.1 Å². The second-order valence-corrected chi connectivity index (χ2v) is 5.04. The predicted molar refractivity (Wildman–Crippen MR) is 70.6 cm³/mol. The largest absolute Gasteiger partial charge is 0.397 e. The van der Waals surface area contributed by atoms with Gasteiger partial charge in [-0.15, -0.1) is 0 Å². The molecule has 0 saturated heterocycles. The van der Waals surface area contributed by atoms with E-state index in [9.17, 15) is 0 Å². The lowest BCUT2D eigenvalue weighted by Crippen LogP contribution is -2.40. The maximum Gasteiger partial charge on any atom is 0.0614 e. The Balaban J connectivity index is 1.89. The molecule has 0 amide bonds. The van der Waals surface area contributed by atoms with Crippen LogP contribution in [0.3, 0.4) is 0 Å². The Morgan fingerprint density at radius 3 is 2.94 bits per heavy atom. The third kappa shape index (κ3) is 2.68. The van der Waals surface area contributed by atoms with Gasteiger partial charge in [0.25, 0.3) is 0 Å². The highest BCUT2D eigenvalue weighted by atomic mass is 79.9. The van der Waals surface area contributed by atoms with Crippen LogP contribution in [-0.2, 0) is 4.74 Å². The molecular weight excluding hydrogens is 268 g/mol.